The highest BCUT2D eigenvalue weighted by atomic mass is 19.4. The maximum atomic E-state index is 12.9. The lowest BCUT2D eigenvalue weighted by molar-refractivity contribution is -0.138. The van der Waals surface area contributed by atoms with E-state index in [0.29, 0.717) is 16.7 Å². The van der Waals surface area contributed by atoms with E-state index in [2.05, 4.69) is 20.5 Å². The van der Waals surface area contributed by atoms with E-state index in [4.69, 9.17) is 0 Å². The molecule has 0 bridgehead atoms. The largest absolute Gasteiger partial charge is 0.416 e. The summed E-state index contributed by atoms with van der Waals surface area (Å²) in [4.78, 5) is 4.10. The van der Waals surface area contributed by atoms with Crippen molar-refractivity contribution in [3.8, 4) is 0 Å². The summed E-state index contributed by atoms with van der Waals surface area (Å²) in [6.45, 7) is 0.0572. The van der Waals surface area contributed by atoms with Gasteiger partial charge in [-0.1, -0.05) is 18.2 Å². The molecule has 0 spiro atoms. The van der Waals surface area contributed by atoms with Gasteiger partial charge < -0.3 is 5.32 Å². The van der Waals surface area contributed by atoms with Crippen molar-refractivity contribution in [2.24, 2.45) is 0 Å². The molecule has 0 fully saturated rings. The van der Waals surface area contributed by atoms with Gasteiger partial charge in [0.15, 0.2) is 0 Å². The van der Waals surface area contributed by atoms with Crippen LogP contribution >= 0.6 is 0 Å². The summed E-state index contributed by atoms with van der Waals surface area (Å²) >= 11 is 0. The van der Waals surface area contributed by atoms with Crippen LogP contribution in [-0.2, 0) is 12.7 Å². The van der Waals surface area contributed by atoms with Crippen molar-refractivity contribution in [2.75, 3.05) is 5.32 Å². The number of hydrogen-bond acceptors (Lipinski definition) is 3. The predicted molar refractivity (Wildman–Crippen MR) is 72.7 cm³/mol. The Bertz CT molecular complexity index is 764. The molecule has 21 heavy (non-hydrogen) atoms. The third kappa shape index (κ3) is 2.67. The van der Waals surface area contributed by atoms with E-state index in [0.717, 1.165) is 6.07 Å². The van der Waals surface area contributed by atoms with Crippen LogP contribution in [0.4, 0.5) is 18.9 Å². The summed E-state index contributed by atoms with van der Waals surface area (Å²) in [6.07, 6.45) is -1.15. The van der Waals surface area contributed by atoms with Crippen LogP contribution in [0.2, 0.25) is 0 Å². The second-order valence-electron chi connectivity index (χ2n) is 4.49. The summed E-state index contributed by atoms with van der Waals surface area (Å²) in [5.41, 5.74) is 1.44. The van der Waals surface area contributed by atoms with Crippen molar-refractivity contribution in [3.63, 3.8) is 0 Å². The summed E-state index contributed by atoms with van der Waals surface area (Å²) in [6, 6.07) is 7.18. The average molecular weight is 292 g/mol. The van der Waals surface area contributed by atoms with Gasteiger partial charge in [0.1, 0.15) is 11.0 Å². The lowest BCUT2D eigenvalue weighted by Crippen LogP contribution is -2.11. The van der Waals surface area contributed by atoms with Crippen LogP contribution in [0.25, 0.3) is 11.0 Å². The van der Waals surface area contributed by atoms with E-state index < -0.39 is 11.7 Å². The second kappa shape index (κ2) is 5.08. The van der Waals surface area contributed by atoms with Crippen LogP contribution in [0.1, 0.15) is 11.1 Å². The van der Waals surface area contributed by atoms with Gasteiger partial charge in [-0.25, -0.2) is 0 Å². The van der Waals surface area contributed by atoms with Gasteiger partial charge in [-0.05, 0) is 17.7 Å². The molecule has 0 saturated carbocycles. The molecular weight excluding hydrogens is 281 g/mol. The van der Waals surface area contributed by atoms with E-state index >= 15 is 0 Å². The van der Waals surface area contributed by atoms with E-state index in [-0.39, 0.29) is 12.1 Å². The number of H-pyrrole nitrogens is 1. The van der Waals surface area contributed by atoms with Gasteiger partial charge in [0.05, 0.1) is 11.3 Å². The van der Waals surface area contributed by atoms with Gasteiger partial charge in [0, 0.05) is 18.9 Å². The number of anilines is 1. The summed E-state index contributed by atoms with van der Waals surface area (Å²) in [7, 11) is 0. The standard InChI is InChI=1S/C14H11F3N4/c15-14(16,17)10-4-2-1-3-9(10)7-19-11-5-6-18-12-8-20-21-13(11)12/h1-6,8H,7H2,(H,18,19)(H,20,21). The minimum Gasteiger partial charge on any atom is -0.379 e. The number of nitrogens with one attached hydrogen (secondary N) is 2. The summed E-state index contributed by atoms with van der Waals surface area (Å²) in [5.74, 6) is 0. The van der Waals surface area contributed by atoms with Gasteiger partial charge >= 0.3 is 6.18 Å². The van der Waals surface area contributed by atoms with Gasteiger partial charge in [0.25, 0.3) is 0 Å². The third-order valence-electron chi connectivity index (χ3n) is 3.12. The Balaban J connectivity index is 1.87. The normalized spacial score (nSPS) is 11.8. The SMILES string of the molecule is FC(F)(F)c1ccccc1CNc1ccnc2c[nH]nc12. The summed E-state index contributed by atoms with van der Waals surface area (Å²) < 4.78 is 38.8. The van der Waals surface area contributed by atoms with Crippen LogP contribution < -0.4 is 5.32 Å². The monoisotopic (exact) mass is 292 g/mol. The molecule has 0 aliphatic carbocycles. The van der Waals surface area contributed by atoms with E-state index in [1.165, 1.54) is 12.1 Å². The number of fused-ring (bicyclic) bond motifs is 1. The van der Waals surface area contributed by atoms with Crippen molar-refractivity contribution in [3.05, 3.63) is 53.9 Å². The number of pyridine rings is 1. The van der Waals surface area contributed by atoms with Crippen molar-refractivity contribution in [1.29, 1.82) is 0 Å². The fourth-order valence-corrected chi connectivity index (χ4v) is 2.14. The Kier molecular flexibility index (Phi) is 3.25. The van der Waals surface area contributed by atoms with Crippen LogP contribution in [0.5, 0.6) is 0 Å². The maximum Gasteiger partial charge on any atom is 0.416 e. The van der Waals surface area contributed by atoms with Gasteiger partial charge in [-0.15, -0.1) is 0 Å². The molecule has 4 nitrogen and oxygen atoms in total. The third-order valence-corrected chi connectivity index (χ3v) is 3.12. The molecule has 3 rings (SSSR count). The quantitative estimate of drug-likeness (QED) is 0.775. The summed E-state index contributed by atoms with van der Waals surface area (Å²) in [5, 5.41) is 9.69. The predicted octanol–water partition coefficient (Wildman–Crippen LogP) is 3.59. The van der Waals surface area contributed by atoms with Crippen LogP contribution in [0, 0.1) is 0 Å². The Morgan fingerprint density at radius 2 is 1.95 bits per heavy atom. The Morgan fingerprint density at radius 1 is 1.14 bits per heavy atom. The van der Waals surface area contributed by atoms with Crippen molar-refractivity contribution < 1.29 is 13.2 Å². The number of benzene rings is 1. The zero-order valence-electron chi connectivity index (χ0n) is 10.8. The van der Waals surface area contributed by atoms with Gasteiger partial charge in [-0.3, -0.25) is 10.1 Å². The highest BCUT2D eigenvalue weighted by Gasteiger charge is 2.32. The maximum absolute atomic E-state index is 12.9. The number of aromatic nitrogens is 3. The fourth-order valence-electron chi connectivity index (χ4n) is 2.14. The molecule has 2 heterocycles. The number of hydrogen-bond donors (Lipinski definition) is 2. The lowest BCUT2D eigenvalue weighted by Gasteiger charge is -2.13. The molecule has 0 amide bonds. The first-order valence-electron chi connectivity index (χ1n) is 6.23. The molecule has 0 unspecified atom stereocenters. The van der Waals surface area contributed by atoms with Gasteiger partial charge in [-0.2, -0.15) is 18.3 Å². The molecule has 0 radical (unpaired) electrons. The first-order chi connectivity index (χ1) is 10.1. The first kappa shape index (κ1) is 13.4. The molecule has 2 aromatic heterocycles. The van der Waals surface area contributed by atoms with Crippen molar-refractivity contribution in [1.82, 2.24) is 15.2 Å². The Morgan fingerprint density at radius 3 is 2.76 bits per heavy atom. The smallest absolute Gasteiger partial charge is 0.379 e. The molecular formula is C14H11F3N4. The number of alkyl halides is 3. The van der Waals surface area contributed by atoms with E-state index in [1.54, 1.807) is 24.5 Å². The number of aromatic amines is 1. The number of rotatable bonds is 3. The van der Waals surface area contributed by atoms with Crippen LogP contribution in [-0.4, -0.2) is 15.2 Å². The van der Waals surface area contributed by atoms with Crippen molar-refractivity contribution in [2.45, 2.75) is 12.7 Å². The molecule has 0 aliphatic rings. The molecule has 0 saturated heterocycles. The Labute approximate surface area is 118 Å². The van der Waals surface area contributed by atoms with E-state index in [1.807, 2.05) is 0 Å². The zero-order valence-corrected chi connectivity index (χ0v) is 10.8. The number of nitrogens with zero attached hydrogens (tertiary/aromatic N) is 2. The minimum absolute atomic E-state index is 0.0572. The fraction of sp³-hybridized carbons (Fsp3) is 0.143. The van der Waals surface area contributed by atoms with Crippen LogP contribution in [0.15, 0.2) is 42.7 Å². The molecule has 7 heteroatoms. The minimum atomic E-state index is -4.36. The van der Waals surface area contributed by atoms with Crippen molar-refractivity contribution >= 4 is 16.7 Å². The number of halogens is 3. The molecule has 1 aromatic carbocycles. The lowest BCUT2D eigenvalue weighted by atomic mass is 10.1. The highest BCUT2D eigenvalue weighted by molar-refractivity contribution is 5.86. The van der Waals surface area contributed by atoms with E-state index in [9.17, 15) is 13.2 Å². The molecule has 108 valence electrons. The average Bonchev–Trinajstić information content (AvgIpc) is 2.93. The second-order valence-corrected chi connectivity index (χ2v) is 4.49. The zero-order chi connectivity index (χ0) is 14.9. The highest BCUT2D eigenvalue weighted by Crippen LogP contribution is 2.32. The molecule has 2 N–H and O–H groups in total. The molecule has 0 aliphatic heterocycles. The first-order valence-corrected chi connectivity index (χ1v) is 6.23. The Hall–Kier alpha value is -2.57. The molecule has 0 atom stereocenters. The topological polar surface area (TPSA) is 53.6 Å². The van der Waals surface area contributed by atoms with Gasteiger partial charge in [0.2, 0.25) is 0 Å². The van der Waals surface area contributed by atoms with Crippen LogP contribution in [0.3, 0.4) is 0 Å². The molecule has 3 aromatic rings.